The number of nitrogens with one attached hydrogen (secondary N) is 1. The second-order valence-corrected chi connectivity index (χ2v) is 8.15. The van der Waals surface area contributed by atoms with Gasteiger partial charge in [-0.15, -0.1) is 0 Å². The molecule has 2 aromatic rings. The Balaban J connectivity index is 2.35. The number of alkyl halides is 3. The number of nitrogens with zero attached hydrogens (tertiary/aromatic N) is 1. The third-order valence-electron chi connectivity index (χ3n) is 4.18. The maximum Gasteiger partial charge on any atom is 0.418 e. The van der Waals surface area contributed by atoms with Gasteiger partial charge in [0.05, 0.1) is 23.2 Å². The highest BCUT2D eigenvalue weighted by molar-refractivity contribution is 7.92. The molecule has 0 aliphatic rings. The molecule has 0 aliphatic heterocycles. The Labute approximate surface area is 162 Å². The van der Waals surface area contributed by atoms with Crippen LogP contribution < -0.4 is 9.62 Å². The molecule has 2 aromatic carbocycles. The number of carbonyl (C=O) groups excluding carboxylic acids is 1. The molecular weight excluding hydrogens is 393 g/mol. The lowest BCUT2D eigenvalue weighted by molar-refractivity contribution is -0.137. The van der Waals surface area contributed by atoms with E-state index in [0.29, 0.717) is 0 Å². The fourth-order valence-electron chi connectivity index (χ4n) is 2.76. The van der Waals surface area contributed by atoms with E-state index in [1.807, 2.05) is 6.92 Å². The predicted octanol–water partition coefficient (Wildman–Crippen LogP) is 4.06. The fourth-order valence-corrected chi connectivity index (χ4v) is 3.94. The van der Waals surface area contributed by atoms with Gasteiger partial charge < -0.3 is 5.32 Å². The Morgan fingerprint density at radius 1 is 1.11 bits per heavy atom. The standard InChI is InChI=1S/C19H21F3N2O3S/c1-4-14-9-11-15(12-10-14)24(28(3,26)27)13(2)18(25)23-17-8-6-5-7-16(17)19(20,21)22/h5-13H,4H2,1-3H3,(H,23,25)/t13-/m0/s1. The normalized spacial score (nSPS) is 13.1. The molecule has 1 amide bonds. The molecule has 9 heteroatoms. The molecule has 0 saturated carbocycles. The second kappa shape index (κ2) is 8.22. The number of sulfonamides is 1. The van der Waals surface area contributed by atoms with Crippen molar-refractivity contribution in [1.29, 1.82) is 0 Å². The summed E-state index contributed by atoms with van der Waals surface area (Å²) in [6.45, 7) is 3.26. The van der Waals surface area contributed by atoms with Crippen LogP contribution in [0.4, 0.5) is 24.5 Å². The van der Waals surface area contributed by atoms with Crippen LogP contribution in [0.3, 0.4) is 0 Å². The second-order valence-electron chi connectivity index (χ2n) is 6.29. The van der Waals surface area contributed by atoms with Gasteiger partial charge in [-0.1, -0.05) is 31.2 Å². The minimum atomic E-state index is -4.65. The lowest BCUT2D eigenvalue weighted by Gasteiger charge is -2.28. The zero-order chi connectivity index (χ0) is 21.1. The van der Waals surface area contributed by atoms with Crippen LogP contribution in [0.25, 0.3) is 0 Å². The molecule has 0 fully saturated rings. The molecule has 1 N–H and O–H groups in total. The van der Waals surface area contributed by atoms with Crippen molar-refractivity contribution in [1.82, 2.24) is 0 Å². The molecule has 28 heavy (non-hydrogen) atoms. The van der Waals surface area contributed by atoms with E-state index in [2.05, 4.69) is 5.32 Å². The van der Waals surface area contributed by atoms with E-state index in [1.54, 1.807) is 24.3 Å². The zero-order valence-corrected chi connectivity index (χ0v) is 16.4. The number of hydrogen-bond acceptors (Lipinski definition) is 3. The van der Waals surface area contributed by atoms with Crippen LogP contribution in [0.5, 0.6) is 0 Å². The van der Waals surface area contributed by atoms with E-state index in [0.717, 1.165) is 34.7 Å². The quantitative estimate of drug-likeness (QED) is 0.775. The van der Waals surface area contributed by atoms with Crippen LogP contribution in [0.2, 0.25) is 0 Å². The molecule has 0 saturated heterocycles. The summed E-state index contributed by atoms with van der Waals surface area (Å²) in [6, 6.07) is 9.86. The molecule has 0 heterocycles. The first-order valence-corrected chi connectivity index (χ1v) is 10.4. The Bertz CT molecular complexity index is 942. The largest absolute Gasteiger partial charge is 0.418 e. The topological polar surface area (TPSA) is 66.5 Å². The van der Waals surface area contributed by atoms with Crippen molar-refractivity contribution in [2.45, 2.75) is 32.5 Å². The number of halogens is 3. The maximum absolute atomic E-state index is 13.1. The van der Waals surface area contributed by atoms with Crippen molar-refractivity contribution < 1.29 is 26.4 Å². The summed E-state index contributed by atoms with van der Waals surface area (Å²) >= 11 is 0. The predicted molar refractivity (Wildman–Crippen MR) is 103 cm³/mol. The van der Waals surface area contributed by atoms with Gasteiger partial charge in [0.25, 0.3) is 0 Å². The number of benzene rings is 2. The van der Waals surface area contributed by atoms with Gasteiger partial charge in [0, 0.05) is 0 Å². The molecule has 5 nitrogen and oxygen atoms in total. The van der Waals surface area contributed by atoms with Crippen molar-refractivity contribution in [3.63, 3.8) is 0 Å². The summed E-state index contributed by atoms with van der Waals surface area (Å²) in [4.78, 5) is 12.6. The first-order valence-electron chi connectivity index (χ1n) is 8.50. The number of aryl methyl sites for hydroxylation is 1. The van der Waals surface area contributed by atoms with Crippen molar-refractivity contribution in [2.75, 3.05) is 15.9 Å². The highest BCUT2D eigenvalue weighted by atomic mass is 32.2. The summed E-state index contributed by atoms with van der Waals surface area (Å²) in [5.74, 6) is -0.873. The Hall–Kier alpha value is -2.55. The van der Waals surface area contributed by atoms with E-state index < -0.39 is 39.4 Å². The van der Waals surface area contributed by atoms with Crippen LogP contribution in [-0.2, 0) is 27.4 Å². The average Bonchev–Trinajstić information content (AvgIpc) is 2.60. The molecule has 2 rings (SSSR count). The van der Waals surface area contributed by atoms with Gasteiger partial charge in [-0.05, 0) is 43.2 Å². The molecule has 0 bridgehead atoms. The van der Waals surface area contributed by atoms with E-state index in [4.69, 9.17) is 0 Å². The van der Waals surface area contributed by atoms with Crippen molar-refractivity contribution in [2.24, 2.45) is 0 Å². The molecule has 0 aliphatic carbocycles. The molecule has 1 atom stereocenters. The highest BCUT2D eigenvalue weighted by Crippen LogP contribution is 2.34. The molecule has 152 valence electrons. The van der Waals surface area contributed by atoms with Gasteiger partial charge in [-0.3, -0.25) is 9.10 Å². The molecule has 0 unspecified atom stereocenters. The van der Waals surface area contributed by atoms with Crippen molar-refractivity contribution in [3.05, 3.63) is 59.7 Å². The van der Waals surface area contributed by atoms with Gasteiger partial charge >= 0.3 is 6.18 Å². The van der Waals surface area contributed by atoms with E-state index in [1.165, 1.54) is 19.1 Å². The molecule has 0 aromatic heterocycles. The first-order chi connectivity index (χ1) is 12.9. The van der Waals surface area contributed by atoms with E-state index >= 15 is 0 Å². The van der Waals surface area contributed by atoms with Crippen molar-refractivity contribution >= 4 is 27.3 Å². The molecule has 0 radical (unpaired) electrons. The molecular formula is C19H21F3N2O3S. The van der Waals surface area contributed by atoms with Crippen LogP contribution >= 0.6 is 0 Å². The first kappa shape index (κ1) is 21.7. The summed E-state index contributed by atoms with van der Waals surface area (Å²) < 4.78 is 64.8. The summed E-state index contributed by atoms with van der Waals surface area (Å²) in [5, 5.41) is 2.20. The average molecular weight is 414 g/mol. The van der Waals surface area contributed by atoms with Gasteiger partial charge in [-0.25, -0.2) is 8.42 Å². The van der Waals surface area contributed by atoms with Gasteiger partial charge in [0.15, 0.2) is 0 Å². The number of rotatable bonds is 6. The minimum Gasteiger partial charge on any atom is -0.324 e. The maximum atomic E-state index is 13.1. The third kappa shape index (κ3) is 5.03. The monoisotopic (exact) mass is 414 g/mol. The van der Waals surface area contributed by atoms with Crippen LogP contribution in [0.15, 0.2) is 48.5 Å². The van der Waals surface area contributed by atoms with Crippen LogP contribution in [-0.4, -0.2) is 26.6 Å². The zero-order valence-electron chi connectivity index (χ0n) is 15.6. The number of para-hydroxylation sites is 1. The fraction of sp³-hybridized carbons (Fsp3) is 0.316. The Morgan fingerprint density at radius 2 is 1.68 bits per heavy atom. The van der Waals surface area contributed by atoms with Gasteiger partial charge in [0.2, 0.25) is 15.9 Å². The number of amides is 1. The Kier molecular flexibility index (Phi) is 6.38. The van der Waals surface area contributed by atoms with E-state index in [9.17, 15) is 26.4 Å². The van der Waals surface area contributed by atoms with Crippen LogP contribution in [0.1, 0.15) is 25.0 Å². The minimum absolute atomic E-state index is 0.256. The summed E-state index contributed by atoms with van der Waals surface area (Å²) in [6.07, 6.45) is -2.96. The van der Waals surface area contributed by atoms with Crippen molar-refractivity contribution in [3.8, 4) is 0 Å². The summed E-state index contributed by atoms with van der Waals surface area (Å²) in [5.41, 5.74) is -0.199. The van der Waals surface area contributed by atoms with Gasteiger partial charge in [-0.2, -0.15) is 13.2 Å². The highest BCUT2D eigenvalue weighted by Gasteiger charge is 2.35. The summed E-state index contributed by atoms with van der Waals surface area (Å²) in [7, 11) is -3.86. The number of hydrogen-bond donors (Lipinski definition) is 1. The van der Waals surface area contributed by atoms with Gasteiger partial charge in [0.1, 0.15) is 6.04 Å². The SMILES string of the molecule is CCc1ccc(N([C@@H](C)C(=O)Nc2ccccc2C(F)(F)F)S(C)(=O)=O)cc1. The number of carbonyl (C=O) groups is 1. The van der Waals surface area contributed by atoms with E-state index in [-0.39, 0.29) is 5.69 Å². The van der Waals surface area contributed by atoms with Crippen LogP contribution in [0, 0.1) is 0 Å². The molecule has 0 spiro atoms. The third-order valence-corrected chi connectivity index (χ3v) is 5.42. The Morgan fingerprint density at radius 3 is 2.18 bits per heavy atom. The lowest BCUT2D eigenvalue weighted by Crippen LogP contribution is -2.45. The lowest BCUT2D eigenvalue weighted by atomic mass is 10.1. The number of anilines is 2. The smallest absolute Gasteiger partial charge is 0.324 e.